The van der Waals surface area contributed by atoms with Crippen LogP contribution in [0.3, 0.4) is 0 Å². The molecule has 0 radical (unpaired) electrons. The van der Waals surface area contributed by atoms with Crippen LogP contribution in [0.2, 0.25) is 0 Å². The molecule has 0 aromatic heterocycles. The quantitative estimate of drug-likeness (QED) is 0.0557. The molecule has 12 fully saturated rings. The number of ether oxygens (including phenoxy) is 4. The highest BCUT2D eigenvalue weighted by Gasteiger charge is 2.88. The number of nitrogens with zero attached hydrogens (tertiary/aromatic N) is 16. The lowest BCUT2D eigenvalue weighted by molar-refractivity contribution is -0.238. The number of urea groups is 8. The molecule has 14 heterocycles. The zero-order chi connectivity index (χ0) is 71.2. The lowest BCUT2D eigenvalue weighted by Crippen LogP contribution is -2.91. The summed E-state index contributed by atoms with van der Waals surface area (Å²) in [6.45, 7) is 2.59. The first kappa shape index (κ1) is 64.6. The molecular formula is C72H71N17O12S4. The Labute approximate surface area is 620 Å². The van der Waals surface area contributed by atoms with Gasteiger partial charge in [0.15, 0.2) is 36.0 Å². The van der Waals surface area contributed by atoms with E-state index >= 15 is 38.4 Å². The largest absolute Gasteiger partial charge is 0.492 e. The Bertz CT molecular complexity index is 4410. The average Bonchev–Trinajstić information content (AvgIpc) is 1.45. The molecule has 33 heteroatoms. The van der Waals surface area contributed by atoms with Gasteiger partial charge in [-0.05, 0) is 86.6 Å². The maximum absolute atomic E-state index is 15.9. The predicted molar refractivity (Wildman–Crippen MR) is 381 cm³/mol. The zero-order valence-electron chi connectivity index (χ0n) is 57.1. The van der Waals surface area contributed by atoms with E-state index in [0.717, 1.165) is 19.6 Å². The number of nitrogens with one attached hydrogen (secondary N) is 1. The number of benzene rings is 6. The third-order valence-electron chi connectivity index (χ3n) is 23.3. The van der Waals surface area contributed by atoms with Crippen molar-refractivity contribution in [3.8, 4) is 23.0 Å². The van der Waals surface area contributed by atoms with Crippen LogP contribution in [0.4, 0.5) is 38.4 Å². The van der Waals surface area contributed by atoms with Gasteiger partial charge < -0.3 is 18.9 Å². The highest BCUT2D eigenvalue weighted by molar-refractivity contribution is 8.00. The molecule has 20 rings (SSSR count). The summed E-state index contributed by atoms with van der Waals surface area (Å²) < 4.78 is 26.5. The molecule has 1 N–H and O–H groups in total. The van der Waals surface area contributed by atoms with Crippen molar-refractivity contribution in [1.82, 2.24) is 83.7 Å². The van der Waals surface area contributed by atoms with Crippen LogP contribution in [0.5, 0.6) is 23.0 Å². The van der Waals surface area contributed by atoms with Crippen LogP contribution in [0.1, 0.15) is 36.1 Å². The third-order valence-corrected chi connectivity index (χ3v) is 27.2. The van der Waals surface area contributed by atoms with Gasteiger partial charge in [-0.1, -0.05) is 72.8 Å². The van der Waals surface area contributed by atoms with Gasteiger partial charge in [0.05, 0.1) is 52.6 Å². The number of thioether (sulfide) groups is 4. The van der Waals surface area contributed by atoms with Crippen molar-refractivity contribution >= 4 is 95.3 Å². The Balaban J connectivity index is 0.607. The van der Waals surface area contributed by atoms with E-state index in [4.69, 9.17) is 18.9 Å². The Kier molecular flexibility index (Phi) is 14.6. The Morgan fingerprint density at radius 1 is 0.333 bits per heavy atom. The van der Waals surface area contributed by atoms with Crippen molar-refractivity contribution < 1.29 is 57.3 Å². The Morgan fingerprint density at radius 2 is 0.629 bits per heavy atom. The Hall–Kier alpha value is -9.96. The van der Waals surface area contributed by atoms with Crippen molar-refractivity contribution in [3.05, 3.63) is 168 Å². The van der Waals surface area contributed by atoms with Crippen LogP contribution in [0, 0.1) is 0 Å². The smallest absolute Gasteiger partial charge is 0.327 e. The van der Waals surface area contributed by atoms with E-state index in [9.17, 15) is 0 Å². The molecule has 0 atom stereocenters. The van der Waals surface area contributed by atoms with Gasteiger partial charge >= 0.3 is 48.2 Å². The van der Waals surface area contributed by atoms with Crippen molar-refractivity contribution in [1.29, 1.82) is 0 Å². The molecular weight excluding hydrogens is 1420 g/mol. The number of rotatable bonds is 20. The first-order chi connectivity index (χ1) is 51.1. The number of hydrogen-bond acceptors (Lipinski definition) is 17. The fraction of sp³-hybridized carbons (Fsp3) is 0.389. The summed E-state index contributed by atoms with van der Waals surface area (Å²) in [6.07, 6.45) is -4.56. The van der Waals surface area contributed by atoms with Crippen molar-refractivity contribution in [3.63, 3.8) is 0 Å². The highest BCUT2D eigenvalue weighted by Crippen LogP contribution is 2.62. The monoisotopic (exact) mass is 1490 g/mol. The number of carbonyl (C=O) groups is 8. The van der Waals surface area contributed by atoms with Crippen molar-refractivity contribution in [2.45, 2.75) is 107 Å². The molecule has 2 spiro atoms. The molecule has 16 amide bonds. The molecule has 540 valence electrons. The maximum Gasteiger partial charge on any atom is 0.327 e. The van der Waals surface area contributed by atoms with Gasteiger partial charge in [0.25, 0.3) is 0 Å². The maximum atomic E-state index is 15.9. The van der Waals surface area contributed by atoms with E-state index in [2.05, 4.69) is 5.32 Å². The fourth-order valence-corrected chi connectivity index (χ4v) is 21.6. The predicted octanol–water partition coefficient (Wildman–Crippen LogP) is 8.43. The Morgan fingerprint density at radius 3 is 0.952 bits per heavy atom. The van der Waals surface area contributed by atoms with Crippen molar-refractivity contribution in [2.24, 2.45) is 0 Å². The molecule has 29 nitrogen and oxygen atoms in total. The topological polar surface area (TPSA) is 237 Å². The van der Waals surface area contributed by atoms with E-state index in [1.54, 1.807) is 66.6 Å². The summed E-state index contributed by atoms with van der Waals surface area (Å²) in [7, 11) is 0. The lowest BCUT2D eigenvalue weighted by atomic mass is 9.96. The van der Waals surface area contributed by atoms with Crippen LogP contribution in [-0.4, -0.2) is 264 Å². The summed E-state index contributed by atoms with van der Waals surface area (Å²) in [6, 6.07) is 43.2. The number of fused-ring (bicyclic) bond motifs is 2. The lowest BCUT2D eigenvalue weighted by Gasteiger charge is -2.62. The number of hydrogen-bond donors (Lipinski definition) is 1. The molecule has 105 heavy (non-hydrogen) atoms. The zero-order valence-corrected chi connectivity index (χ0v) is 60.3. The van der Waals surface area contributed by atoms with E-state index in [0.29, 0.717) is 94.7 Å². The van der Waals surface area contributed by atoms with E-state index in [1.807, 2.05) is 159 Å². The van der Waals surface area contributed by atoms with Gasteiger partial charge in [-0.25, -0.2) is 43.7 Å². The number of carbonyl (C=O) groups excluding carboxylic acids is 8. The minimum Gasteiger partial charge on any atom is -0.492 e. The van der Waals surface area contributed by atoms with Gasteiger partial charge in [-0.3, -0.25) is 78.4 Å². The third kappa shape index (κ3) is 8.91. The van der Waals surface area contributed by atoms with Crippen LogP contribution in [0.15, 0.2) is 165 Å². The van der Waals surface area contributed by atoms with Crippen LogP contribution < -0.4 is 24.3 Å². The standard InChI is InChI=1S/C72H71N17O12S4/c1-69-59-78-39-74-57-58-76(61(74)90)41-80-60-71-73-72-70(2)84(67(96)88(72)43-86(71)65(80)94)37-51-52(56(101-30-34-105-48-21-13-6-14-22-48)26-25-55(51)100-29-33-104-47-19-11-5-12-20-47)38-85(70)68(97)89(72)44-87(71)66(95)81(60)42-77(58)62(91)75(57)40-79(59)64(93)83(69)36-50-49(35-82(69)63(78)92)53(98-27-31-102-45-15-7-3-8-16-45)23-24-54(50)99-28-32-103-46-17-9-4-10-18-46/h3-26,57-60,73H,27-44H2,1-2H3. The fourth-order valence-electron chi connectivity index (χ4n) is 18.6. The van der Waals surface area contributed by atoms with Gasteiger partial charge in [-0.15, -0.1) is 47.0 Å². The number of amides is 16. The average molecular weight is 1490 g/mol. The minimum atomic E-state index is -1.80. The van der Waals surface area contributed by atoms with Gasteiger partial charge in [0.2, 0.25) is 11.6 Å². The summed E-state index contributed by atoms with van der Waals surface area (Å²) >= 11 is 6.61. The molecule has 6 aromatic rings. The second-order valence-corrected chi connectivity index (χ2v) is 32.9. The van der Waals surface area contributed by atoms with Crippen molar-refractivity contribution in [2.75, 3.05) is 89.5 Å². The molecule has 0 aliphatic carbocycles. The second-order valence-electron chi connectivity index (χ2n) is 28.2. The van der Waals surface area contributed by atoms with Crippen LogP contribution >= 0.6 is 47.0 Å². The normalized spacial score (nSPS) is 27.9. The van der Waals surface area contributed by atoms with Crippen LogP contribution in [-0.2, 0) is 26.2 Å². The molecule has 14 aliphatic heterocycles. The van der Waals surface area contributed by atoms with E-state index in [-0.39, 0.29) is 52.9 Å². The van der Waals surface area contributed by atoms with E-state index in [1.165, 1.54) is 58.8 Å². The molecule has 2 bridgehead atoms. The molecule has 0 saturated carbocycles. The highest BCUT2D eigenvalue weighted by atomic mass is 32.2. The first-order valence-electron chi connectivity index (χ1n) is 35.1. The summed E-state index contributed by atoms with van der Waals surface area (Å²) in [5.41, 5.74) is -0.223. The summed E-state index contributed by atoms with van der Waals surface area (Å²) in [5, 5.41) is 3.75. The van der Waals surface area contributed by atoms with Gasteiger partial charge in [0, 0.05) is 64.8 Å². The van der Waals surface area contributed by atoms with Gasteiger partial charge in [0.1, 0.15) is 63.0 Å². The van der Waals surface area contributed by atoms with Gasteiger partial charge in [-0.2, -0.15) is 0 Å². The van der Waals surface area contributed by atoms with Crippen LogP contribution in [0.25, 0.3) is 0 Å². The molecule has 12 saturated heterocycles. The second kappa shape index (κ2) is 23.8. The molecule has 6 aromatic carbocycles. The SMILES string of the molecule is CC12C3N4CN5C(=O)N6CN7C(=O)N8CN9C(=O)N%10Cc%11c(OCCSc%12ccccc%12)ccc(OCCSc%12ccccc%12)c%11CN%11C(=O)N%12CN%13C(=O)N(CN%14C(=O)N(CN3C(=O)N1Cc1c(OCCSc3ccccc3)ccc(OCCSc3ccccc3)c1CN2C4=O)C5C6%14)C7C8%13NC9%12C%10%11C. The molecule has 14 aliphatic rings. The minimum absolute atomic E-state index is 0.00994. The first-order valence-corrected chi connectivity index (χ1v) is 39.0. The van der Waals surface area contributed by atoms with E-state index < -0.39 is 109 Å². The molecule has 0 unspecified atom stereocenters. The summed E-state index contributed by atoms with van der Waals surface area (Å²) in [4.78, 5) is 155. The summed E-state index contributed by atoms with van der Waals surface area (Å²) in [5.74, 6) is 1.09.